The second-order valence-corrected chi connectivity index (χ2v) is 6.62. The van der Waals surface area contributed by atoms with E-state index in [0.717, 1.165) is 0 Å². The highest BCUT2D eigenvalue weighted by atomic mass is 35.5. The summed E-state index contributed by atoms with van der Waals surface area (Å²) in [5, 5.41) is 2.98. The summed E-state index contributed by atoms with van der Waals surface area (Å²) in [5.41, 5.74) is -0.237. The number of ether oxygens (including phenoxy) is 3. The summed E-state index contributed by atoms with van der Waals surface area (Å²) < 4.78 is 15.8. The lowest BCUT2D eigenvalue weighted by Crippen LogP contribution is -2.46. The molecule has 0 heterocycles. The van der Waals surface area contributed by atoms with E-state index in [-0.39, 0.29) is 16.5 Å². The van der Waals surface area contributed by atoms with Crippen LogP contribution >= 0.6 is 11.6 Å². The largest absolute Gasteiger partial charge is 0.493 e. The van der Waals surface area contributed by atoms with Gasteiger partial charge in [0, 0.05) is 5.54 Å². The zero-order valence-electron chi connectivity index (χ0n) is 14.9. The summed E-state index contributed by atoms with van der Waals surface area (Å²) in [6.07, 6.45) is -0.937. The van der Waals surface area contributed by atoms with Gasteiger partial charge in [-0.25, -0.2) is 4.79 Å². The predicted octanol–water partition coefficient (Wildman–Crippen LogP) is 3.21. The van der Waals surface area contributed by atoms with Gasteiger partial charge in [-0.3, -0.25) is 4.79 Å². The molecule has 6 nitrogen and oxygen atoms in total. The van der Waals surface area contributed by atoms with Gasteiger partial charge in [-0.05, 0) is 46.8 Å². The summed E-state index contributed by atoms with van der Waals surface area (Å²) >= 11 is 6.13. The van der Waals surface area contributed by atoms with Crippen molar-refractivity contribution >= 4 is 23.5 Å². The topological polar surface area (TPSA) is 73.9 Å². The van der Waals surface area contributed by atoms with Gasteiger partial charge in [0.15, 0.2) is 17.6 Å². The lowest BCUT2D eigenvalue weighted by molar-refractivity contribution is -0.130. The maximum absolute atomic E-state index is 12.3. The number of hydrogen-bond acceptors (Lipinski definition) is 5. The Bertz CT molecular complexity index is 610. The number of benzene rings is 1. The molecule has 0 unspecified atom stereocenters. The summed E-state index contributed by atoms with van der Waals surface area (Å²) in [6, 6.07) is 2.89. The maximum atomic E-state index is 12.3. The second kappa shape index (κ2) is 8.24. The van der Waals surface area contributed by atoms with Gasteiger partial charge in [0.2, 0.25) is 0 Å². The summed E-state index contributed by atoms with van der Waals surface area (Å²) in [4.78, 5) is 24.3. The van der Waals surface area contributed by atoms with Crippen molar-refractivity contribution in [1.29, 1.82) is 0 Å². The molecule has 0 bridgehead atoms. The molecule has 0 saturated heterocycles. The third kappa shape index (κ3) is 5.60. The molecule has 1 amide bonds. The number of carbonyl (C=O) groups excluding carboxylic acids is 2. The van der Waals surface area contributed by atoms with Crippen LogP contribution in [0.25, 0.3) is 0 Å². The normalized spacial score (nSPS) is 12.3. The highest BCUT2D eigenvalue weighted by Crippen LogP contribution is 2.36. The Morgan fingerprint density at radius 3 is 2.42 bits per heavy atom. The van der Waals surface area contributed by atoms with Gasteiger partial charge in [-0.1, -0.05) is 11.6 Å². The zero-order chi connectivity index (χ0) is 18.5. The van der Waals surface area contributed by atoms with E-state index < -0.39 is 17.6 Å². The van der Waals surface area contributed by atoms with Gasteiger partial charge < -0.3 is 19.5 Å². The molecule has 0 aromatic heterocycles. The minimum absolute atomic E-state index is 0.177. The van der Waals surface area contributed by atoms with Gasteiger partial charge in [-0.2, -0.15) is 0 Å². The van der Waals surface area contributed by atoms with Crippen LogP contribution in [0.4, 0.5) is 0 Å². The Kier molecular flexibility index (Phi) is 6.90. The molecule has 7 heteroatoms. The van der Waals surface area contributed by atoms with Crippen molar-refractivity contribution in [3.63, 3.8) is 0 Å². The smallest absolute Gasteiger partial charge is 0.339 e. The highest BCUT2D eigenvalue weighted by Gasteiger charge is 2.24. The fourth-order valence-corrected chi connectivity index (χ4v) is 2.14. The number of esters is 1. The van der Waals surface area contributed by atoms with E-state index in [1.54, 1.807) is 0 Å². The molecule has 0 aliphatic rings. The van der Waals surface area contributed by atoms with Crippen LogP contribution in [0.1, 0.15) is 45.0 Å². The Labute approximate surface area is 147 Å². The quantitative estimate of drug-likeness (QED) is 0.791. The van der Waals surface area contributed by atoms with Crippen LogP contribution in [0.5, 0.6) is 11.5 Å². The number of halogens is 1. The summed E-state index contributed by atoms with van der Waals surface area (Å²) in [6.45, 7) is 9.26. The molecule has 0 radical (unpaired) electrons. The van der Waals surface area contributed by atoms with E-state index in [9.17, 15) is 9.59 Å². The Morgan fingerprint density at radius 2 is 1.92 bits per heavy atom. The zero-order valence-corrected chi connectivity index (χ0v) is 15.6. The summed E-state index contributed by atoms with van der Waals surface area (Å²) in [5.74, 6) is -0.366. The van der Waals surface area contributed by atoms with Crippen molar-refractivity contribution in [2.75, 3.05) is 13.7 Å². The molecule has 0 saturated carbocycles. The van der Waals surface area contributed by atoms with Crippen molar-refractivity contribution in [2.45, 2.75) is 46.3 Å². The van der Waals surface area contributed by atoms with E-state index >= 15 is 0 Å². The van der Waals surface area contributed by atoms with Crippen LogP contribution in [0.15, 0.2) is 12.1 Å². The van der Waals surface area contributed by atoms with Crippen LogP contribution in [0, 0.1) is 0 Å². The number of carbonyl (C=O) groups is 2. The number of rotatable bonds is 6. The van der Waals surface area contributed by atoms with E-state index in [1.165, 1.54) is 26.2 Å². The lowest BCUT2D eigenvalue weighted by Gasteiger charge is -2.23. The van der Waals surface area contributed by atoms with Crippen LogP contribution in [0.3, 0.4) is 0 Å². The lowest BCUT2D eigenvalue weighted by atomic mass is 10.1. The fraction of sp³-hybridized carbons (Fsp3) is 0.529. The van der Waals surface area contributed by atoms with E-state index in [1.807, 2.05) is 27.7 Å². The van der Waals surface area contributed by atoms with Crippen LogP contribution in [-0.4, -0.2) is 37.2 Å². The Hall–Kier alpha value is -1.95. The van der Waals surface area contributed by atoms with E-state index in [2.05, 4.69) is 5.32 Å². The van der Waals surface area contributed by atoms with Crippen molar-refractivity contribution < 1.29 is 23.8 Å². The number of methoxy groups -OCH3 is 1. The molecular formula is C17H24ClNO5. The highest BCUT2D eigenvalue weighted by molar-refractivity contribution is 6.32. The minimum atomic E-state index is -0.937. The number of nitrogens with one attached hydrogen (secondary N) is 1. The van der Waals surface area contributed by atoms with Crippen molar-refractivity contribution in [3.8, 4) is 11.5 Å². The Morgan fingerprint density at radius 1 is 1.29 bits per heavy atom. The molecule has 24 heavy (non-hydrogen) atoms. The maximum Gasteiger partial charge on any atom is 0.339 e. The average molecular weight is 358 g/mol. The van der Waals surface area contributed by atoms with E-state index in [4.69, 9.17) is 25.8 Å². The first-order valence-electron chi connectivity index (χ1n) is 7.62. The SMILES string of the molecule is CCOc1c(Cl)cc(C(=O)O[C@H](C)C(=O)NC(C)(C)C)cc1OC. The molecule has 1 aromatic rings. The van der Waals surface area contributed by atoms with Crippen molar-refractivity contribution in [2.24, 2.45) is 0 Å². The molecule has 0 spiro atoms. The third-order valence-corrected chi connectivity index (χ3v) is 3.19. The van der Waals surface area contributed by atoms with Gasteiger partial charge in [0.1, 0.15) is 0 Å². The summed E-state index contributed by atoms with van der Waals surface area (Å²) in [7, 11) is 1.45. The molecule has 134 valence electrons. The standard InChI is InChI=1S/C17H24ClNO5/c1-7-23-14-12(18)8-11(9-13(14)22-6)16(21)24-10(2)15(20)19-17(3,4)5/h8-10H,7H2,1-6H3,(H,19,20)/t10-/m1/s1. The average Bonchev–Trinajstić information content (AvgIpc) is 2.47. The van der Waals surface area contributed by atoms with Crippen LogP contribution in [-0.2, 0) is 9.53 Å². The monoisotopic (exact) mass is 357 g/mol. The van der Waals surface area contributed by atoms with Gasteiger partial charge in [0.25, 0.3) is 5.91 Å². The van der Waals surface area contributed by atoms with Gasteiger partial charge in [-0.15, -0.1) is 0 Å². The molecule has 1 aromatic carbocycles. The van der Waals surface area contributed by atoms with Crippen molar-refractivity contribution in [3.05, 3.63) is 22.7 Å². The van der Waals surface area contributed by atoms with Crippen LogP contribution in [0.2, 0.25) is 5.02 Å². The number of amides is 1. The Balaban J connectivity index is 2.92. The molecule has 1 N–H and O–H groups in total. The molecule has 1 rings (SSSR count). The van der Waals surface area contributed by atoms with Crippen LogP contribution < -0.4 is 14.8 Å². The molecule has 1 atom stereocenters. The third-order valence-electron chi connectivity index (χ3n) is 2.91. The first-order chi connectivity index (χ1) is 11.1. The second-order valence-electron chi connectivity index (χ2n) is 6.21. The first kappa shape index (κ1) is 20.1. The fourth-order valence-electron chi connectivity index (χ4n) is 1.88. The van der Waals surface area contributed by atoms with Gasteiger partial charge in [0.05, 0.1) is 24.3 Å². The predicted molar refractivity (Wildman–Crippen MR) is 91.9 cm³/mol. The molecule has 0 aliphatic heterocycles. The van der Waals surface area contributed by atoms with Crippen molar-refractivity contribution in [1.82, 2.24) is 5.32 Å². The minimum Gasteiger partial charge on any atom is -0.493 e. The number of hydrogen-bond donors (Lipinski definition) is 1. The molecular weight excluding hydrogens is 334 g/mol. The molecule has 0 fully saturated rings. The first-order valence-corrected chi connectivity index (χ1v) is 8.00. The molecule has 0 aliphatic carbocycles. The van der Waals surface area contributed by atoms with Gasteiger partial charge >= 0.3 is 5.97 Å². The van der Waals surface area contributed by atoms with E-state index in [0.29, 0.717) is 18.1 Å².